The van der Waals surface area contributed by atoms with Gasteiger partial charge in [-0.25, -0.2) is 4.98 Å². The van der Waals surface area contributed by atoms with E-state index in [9.17, 15) is 4.79 Å². The number of Topliss-reactive ketones (excluding diaryl/α,β-unsaturated/α-hetero) is 1. The van der Waals surface area contributed by atoms with Gasteiger partial charge in [-0.15, -0.1) is 0 Å². The fourth-order valence-corrected chi connectivity index (χ4v) is 2.78. The van der Waals surface area contributed by atoms with E-state index in [4.69, 9.17) is 4.42 Å². The summed E-state index contributed by atoms with van der Waals surface area (Å²) in [7, 11) is 0. The third-order valence-electron chi connectivity index (χ3n) is 2.72. The Morgan fingerprint density at radius 2 is 2.53 bits per heavy atom. The van der Waals surface area contributed by atoms with Crippen LogP contribution in [0.25, 0.3) is 0 Å². The van der Waals surface area contributed by atoms with E-state index in [1.54, 1.807) is 18.0 Å². The largest absolute Gasteiger partial charge is 0.440 e. The minimum atomic E-state index is 0.300. The highest BCUT2D eigenvalue weighted by Gasteiger charge is 2.23. The van der Waals surface area contributed by atoms with Crippen molar-refractivity contribution < 1.29 is 9.21 Å². The topological polar surface area (TPSA) is 43.1 Å². The number of rotatable bonds is 4. The number of thioether (sulfide) groups is 1. The minimum Gasteiger partial charge on any atom is -0.440 e. The second-order valence-corrected chi connectivity index (χ2v) is 4.99. The van der Waals surface area contributed by atoms with Crippen LogP contribution in [0.5, 0.6) is 0 Å². The van der Waals surface area contributed by atoms with Gasteiger partial charge in [0.25, 0.3) is 5.22 Å². The minimum absolute atomic E-state index is 0.300. The molecule has 0 bridgehead atoms. The van der Waals surface area contributed by atoms with E-state index in [0.717, 1.165) is 42.4 Å². The number of hydrogen-bond acceptors (Lipinski definition) is 4. The number of aryl methyl sites for hydroxylation is 1. The molecule has 0 amide bonds. The van der Waals surface area contributed by atoms with E-state index in [1.165, 1.54) is 0 Å². The van der Waals surface area contributed by atoms with E-state index in [2.05, 4.69) is 4.98 Å². The van der Waals surface area contributed by atoms with Crippen molar-refractivity contribution in [3.63, 3.8) is 0 Å². The first-order chi connectivity index (χ1) is 7.25. The molecule has 1 heterocycles. The van der Waals surface area contributed by atoms with Crippen LogP contribution >= 0.6 is 11.8 Å². The van der Waals surface area contributed by atoms with Crippen molar-refractivity contribution in [2.45, 2.75) is 37.8 Å². The van der Waals surface area contributed by atoms with E-state index in [-0.39, 0.29) is 0 Å². The van der Waals surface area contributed by atoms with Gasteiger partial charge >= 0.3 is 0 Å². The Kier molecular flexibility index (Phi) is 3.46. The molecule has 1 fully saturated rings. The van der Waals surface area contributed by atoms with Gasteiger partial charge < -0.3 is 4.42 Å². The molecule has 0 saturated heterocycles. The molecule has 1 saturated carbocycles. The van der Waals surface area contributed by atoms with Crippen LogP contribution in [0.3, 0.4) is 0 Å². The number of oxazole rings is 1. The zero-order chi connectivity index (χ0) is 10.7. The molecule has 3 nitrogen and oxygen atoms in total. The number of carbonyl (C=O) groups is 1. The molecular weight excluding hydrogens is 210 g/mol. The first kappa shape index (κ1) is 10.7. The predicted molar refractivity (Wildman–Crippen MR) is 58.9 cm³/mol. The van der Waals surface area contributed by atoms with Gasteiger partial charge in [-0.2, -0.15) is 0 Å². The van der Waals surface area contributed by atoms with Crippen molar-refractivity contribution in [2.24, 2.45) is 5.92 Å². The second kappa shape index (κ2) is 4.84. The van der Waals surface area contributed by atoms with Gasteiger partial charge in [-0.3, -0.25) is 4.79 Å². The normalized spacial score (nSPS) is 21.1. The summed E-state index contributed by atoms with van der Waals surface area (Å²) in [6, 6.07) is 0. The summed E-state index contributed by atoms with van der Waals surface area (Å²) in [6.45, 7) is 1.91. The molecule has 15 heavy (non-hydrogen) atoms. The van der Waals surface area contributed by atoms with Crippen molar-refractivity contribution >= 4 is 17.5 Å². The van der Waals surface area contributed by atoms with Crippen LogP contribution in [-0.2, 0) is 4.79 Å². The molecule has 1 aromatic rings. The molecule has 0 aliphatic heterocycles. The highest BCUT2D eigenvalue weighted by atomic mass is 32.2. The molecule has 2 rings (SSSR count). The van der Waals surface area contributed by atoms with Gasteiger partial charge in [0.15, 0.2) is 0 Å². The maximum Gasteiger partial charge on any atom is 0.255 e. The summed E-state index contributed by atoms with van der Waals surface area (Å²) in [4.78, 5) is 15.6. The van der Waals surface area contributed by atoms with Crippen molar-refractivity contribution in [3.8, 4) is 0 Å². The molecule has 4 heteroatoms. The average molecular weight is 225 g/mol. The maximum absolute atomic E-state index is 11.4. The fraction of sp³-hybridized carbons (Fsp3) is 0.636. The van der Waals surface area contributed by atoms with Crippen molar-refractivity contribution in [2.75, 3.05) is 5.75 Å². The van der Waals surface area contributed by atoms with Crippen LogP contribution in [0.4, 0.5) is 0 Å². The Labute approximate surface area is 93.6 Å². The number of hydrogen-bond donors (Lipinski definition) is 0. The lowest BCUT2D eigenvalue weighted by Crippen LogP contribution is -2.06. The standard InChI is InChI=1S/C11H15NO2S/c1-8-7-14-11(12-8)15-6-5-9-3-2-4-10(9)13/h7,9H,2-6H2,1H3. The van der Waals surface area contributed by atoms with E-state index in [0.29, 0.717) is 11.7 Å². The molecule has 1 aliphatic carbocycles. The summed E-state index contributed by atoms with van der Waals surface area (Å²) in [5, 5.41) is 0.720. The number of nitrogens with zero attached hydrogens (tertiary/aromatic N) is 1. The van der Waals surface area contributed by atoms with Crippen LogP contribution in [0.1, 0.15) is 31.4 Å². The first-order valence-corrected chi connectivity index (χ1v) is 6.32. The highest BCUT2D eigenvalue weighted by Crippen LogP contribution is 2.27. The Hall–Kier alpha value is -0.770. The van der Waals surface area contributed by atoms with Gasteiger partial charge in [0, 0.05) is 18.1 Å². The average Bonchev–Trinajstić information content (AvgIpc) is 2.77. The zero-order valence-corrected chi connectivity index (χ0v) is 9.68. The van der Waals surface area contributed by atoms with E-state index < -0.39 is 0 Å². The fourth-order valence-electron chi connectivity index (χ4n) is 1.88. The van der Waals surface area contributed by atoms with Crippen molar-refractivity contribution in [1.29, 1.82) is 0 Å². The summed E-state index contributed by atoms with van der Waals surface area (Å²) >= 11 is 1.60. The molecule has 0 radical (unpaired) electrons. The van der Waals surface area contributed by atoms with Gasteiger partial charge in [-0.05, 0) is 26.2 Å². The summed E-state index contributed by atoms with van der Waals surface area (Å²) < 4.78 is 5.22. The molecular formula is C11H15NO2S. The van der Waals surface area contributed by atoms with Crippen LogP contribution in [0.15, 0.2) is 15.9 Å². The van der Waals surface area contributed by atoms with Crippen LogP contribution in [-0.4, -0.2) is 16.5 Å². The Balaban J connectivity index is 1.73. The number of carbonyl (C=O) groups excluding carboxylic acids is 1. The number of ketones is 1. The quantitative estimate of drug-likeness (QED) is 0.739. The molecule has 1 unspecified atom stereocenters. The monoisotopic (exact) mass is 225 g/mol. The zero-order valence-electron chi connectivity index (χ0n) is 8.86. The lowest BCUT2D eigenvalue weighted by atomic mass is 10.1. The van der Waals surface area contributed by atoms with Crippen molar-refractivity contribution in [1.82, 2.24) is 4.98 Å². The summed E-state index contributed by atoms with van der Waals surface area (Å²) in [5.41, 5.74) is 0.912. The number of aromatic nitrogens is 1. The summed E-state index contributed by atoms with van der Waals surface area (Å²) in [6.07, 6.45) is 5.55. The molecule has 82 valence electrons. The lowest BCUT2D eigenvalue weighted by molar-refractivity contribution is -0.120. The van der Waals surface area contributed by atoms with Gasteiger partial charge in [0.1, 0.15) is 12.0 Å². The van der Waals surface area contributed by atoms with Crippen LogP contribution in [0.2, 0.25) is 0 Å². The van der Waals surface area contributed by atoms with E-state index >= 15 is 0 Å². The molecule has 1 atom stereocenters. The van der Waals surface area contributed by atoms with Gasteiger partial charge in [-0.1, -0.05) is 11.8 Å². The smallest absolute Gasteiger partial charge is 0.255 e. The van der Waals surface area contributed by atoms with E-state index in [1.807, 2.05) is 6.92 Å². The Bertz CT molecular complexity index is 348. The van der Waals surface area contributed by atoms with Gasteiger partial charge in [0.05, 0.1) is 5.69 Å². The highest BCUT2D eigenvalue weighted by molar-refractivity contribution is 7.99. The molecule has 0 aromatic carbocycles. The molecule has 0 spiro atoms. The van der Waals surface area contributed by atoms with Crippen LogP contribution in [0, 0.1) is 12.8 Å². The third-order valence-corrected chi connectivity index (χ3v) is 3.60. The lowest BCUT2D eigenvalue weighted by Gasteiger charge is -2.04. The van der Waals surface area contributed by atoms with Crippen LogP contribution < -0.4 is 0 Å². The Morgan fingerprint density at radius 3 is 3.13 bits per heavy atom. The molecule has 1 aliphatic rings. The van der Waals surface area contributed by atoms with Gasteiger partial charge in [0.2, 0.25) is 0 Å². The first-order valence-electron chi connectivity index (χ1n) is 5.33. The second-order valence-electron chi connectivity index (χ2n) is 3.95. The predicted octanol–water partition coefficient (Wildman–Crippen LogP) is 2.83. The molecule has 1 aromatic heterocycles. The van der Waals surface area contributed by atoms with Crippen molar-refractivity contribution in [3.05, 3.63) is 12.0 Å². The third kappa shape index (κ3) is 2.84. The maximum atomic E-state index is 11.4. The summed E-state index contributed by atoms with van der Waals surface area (Å²) in [5.74, 6) is 1.67. The Morgan fingerprint density at radius 1 is 1.67 bits per heavy atom. The molecule has 0 N–H and O–H groups in total. The SMILES string of the molecule is Cc1coc(SCCC2CCCC2=O)n1.